The number of rotatable bonds is 5. The molecule has 6 rings (SSSR count). The van der Waals surface area contributed by atoms with Crippen LogP contribution < -0.4 is 10.2 Å². The highest BCUT2D eigenvalue weighted by Crippen LogP contribution is 2.34. The third-order valence-corrected chi connectivity index (χ3v) is 6.85. The van der Waals surface area contributed by atoms with E-state index in [1.807, 2.05) is 18.2 Å². The summed E-state index contributed by atoms with van der Waals surface area (Å²) in [5.41, 5.74) is 3.21. The van der Waals surface area contributed by atoms with Crippen LogP contribution >= 0.6 is 11.6 Å². The number of hydrogen-bond acceptors (Lipinski definition) is 7. The summed E-state index contributed by atoms with van der Waals surface area (Å²) in [6.07, 6.45) is 1.03. The predicted octanol–water partition coefficient (Wildman–Crippen LogP) is 2.96. The molecule has 4 heterocycles. The Morgan fingerprint density at radius 3 is 2.64 bits per heavy atom. The number of guanidine groups is 1. The number of benzene rings is 2. The largest absolute Gasteiger partial charge is 0.379 e. The SMILES string of the molecule is Clc1ccc([C@H]2NC3=NCN(CCCN4CCOCC4)CN3c3nc4ccccc4n32)cc1. The molecule has 0 aliphatic carbocycles. The van der Waals surface area contributed by atoms with Crippen molar-refractivity contribution >= 4 is 34.5 Å². The second kappa shape index (κ2) is 8.95. The van der Waals surface area contributed by atoms with Crippen LogP contribution in [-0.2, 0) is 4.74 Å². The van der Waals surface area contributed by atoms with E-state index in [4.69, 9.17) is 26.3 Å². The second-order valence-corrected chi connectivity index (χ2v) is 9.20. The summed E-state index contributed by atoms with van der Waals surface area (Å²) in [6.45, 7) is 7.34. The summed E-state index contributed by atoms with van der Waals surface area (Å²) in [7, 11) is 0. The summed E-state index contributed by atoms with van der Waals surface area (Å²) in [6, 6.07) is 16.3. The van der Waals surface area contributed by atoms with E-state index in [1.165, 1.54) is 0 Å². The number of halogens is 1. The molecule has 1 saturated heterocycles. The molecular formula is C24H28ClN7O. The quantitative estimate of drug-likeness (QED) is 0.625. The summed E-state index contributed by atoms with van der Waals surface area (Å²) in [5, 5.41) is 4.39. The van der Waals surface area contributed by atoms with E-state index in [1.54, 1.807) is 0 Å². The van der Waals surface area contributed by atoms with Crippen molar-refractivity contribution in [2.24, 2.45) is 4.99 Å². The zero-order valence-electron chi connectivity index (χ0n) is 18.5. The van der Waals surface area contributed by atoms with Gasteiger partial charge in [0.1, 0.15) is 6.17 Å². The molecule has 1 atom stereocenters. The minimum absolute atomic E-state index is 0.0902. The molecule has 1 N–H and O–H groups in total. The minimum Gasteiger partial charge on any atom is -0.379 e. The topological polar surface area (TPSA) is 61.2 Å². The summed E-state index contributed by atoms with van der Waals surface area (Å²) < 4.78 is 7.73. The highest BCUT2D eigenvalue weighted by molar-refractivity contribution is 6.30. The third-order valence-electron chi connectivity index (χ3n) is 6.60. The van der Waals surface area contributed by atoms with Crippen molar-refractivity contribution in [1.29, 1.82) is 0 Å². The normalized spacial score (nSPS) is 21.4. The monoisotopic (exact) mass is 465 g/mol. The molecule has 3 aliphatic heterocycles. The molecular weight excluding hydrogens is 438 g/mol. The van der Waals surface area contributed by atoms with Crippen LogP contribution in [0.25, 0.3) is 11.0 Å². The van der Waals surface area contributed by atoms with E-state index in [0.717, 1.165) is 86.0 Å². The lowest BCUT2D eigenvalue weighted by Crippen LogP contribution is -2.57. The van der Waals surface area contributed by atoms with Crippen molar-refractivity contribution in [2.45, 2.75) is 12.6 Å². The molecule has 1 aromatic heterocycles. The van der Waals surface area contributed by atoms with Gasteiger partial charge in [-0.2, -0.15) is 0 Å². The van der Waals surface area contributed by atoms with Crippen LogP contribution in [0.4, 0.5) is 5.95 Å². The van der Waals surface area contributed by atoms with Gasteiger partial charge in [0.05, 0.1) is 37.6 Å². The van der Waals surface area contributed by atoms with Crippen LogP contribution in [-0.4, -0.2) is 78.0 Å². The van der Waals surface area contributed by atoms with Gasteiger partial charge in [0.25, 0.3) is 0 Å². The summed E-state index contributed by atoms with van der Waals surface area (Å²) >= 11 is 6.16. The van der Waals surface area contributed by atoms with E-state index in [2.05, 4.69) is 54.9 Å². The molecule has 172 valence electrons. The lowest BCUT2D eigenvalue weighted by Gasteiger charge is -2.42. The van der Waals surface area contributed by atoms with Gasteiger partial charge in [-0.3, -0.25) is 19.3 Å². The summed E-state index contributed by atoms with van der Waals surface area (Å²) in [5.74, 6) is 1.80. The van der Waals surface area contributed by atoms with Crippen molar-refractivity contribution in [3.05, 3.63) is 59.1 Å². The molecule has 0 bridgehead atoms. The van der Waals surface area contributed by atoms with Gasteiger partial charge in [-0.15, -0.1) is 0 Å². The number of anilines is 1. The van der Waals surface area contributed by atoms with Gasteiger partial charge in [-0.1, -0.05) is 35.9 Å². The van der Waals surface area contributed by atoms with Gasteiger partial charge < -0.3 is 10.1 Å². The van der Waals surface area contributed by atoms with Gasteiger partial charge in [0, 0.05) is 24.7 Å². The highest BCUT2D eigenvalue weighted by atomic mass is 35.5. The molecule has 0 radical (unpaired) electrons. The number of hydrogen-bond donors (Lipinski definition) is 1. The predicted molar refractivity (Wildman–Crippen MR) is 131 cm³/mol. The first-order chi connectivity index (χ1) is 16.3. The van der Waals surface area contributed by atoms with Crippen LogP contribution in [0.2, 0.25) is 5.02 Å². The summed E-state index contributed by atoms with van der Waals surface area (Å²) in [4.78, 5) is 17.0. The molecule has 3 aliphatic rings. The van der Waals surface area contributed by atoms with Gasteiger partial charge in [-0.25, -0.2) is 9.98 Å². The average Bonchev–Trinajstić information content (AvgIpc) is 3.25. The number of imidazole rings is 1. The van der Waals surface area contributed by atoms with E-state index < -0.39 is 0 Å². The first-order valence-electron chi connectivity index (χ1n) is 11.6. The van der Waals surface area contributed by atoms with E-state index >= 15 is 0 Å². The van der Waals surface area contributed by atoms with Gasteiger partial charge in [0.2, 0.25) is 11.9 Å². The molecule has 0 amide bonds. The first kappa shape index (κ1) is 20.9. The van der Waals surface area contributed by atoms with Gasteiger partial charge in [-0.05, 0) is 42.8 Å². The van der Waals surface area contributed by atoms with Crippen molar-refractivity contribution in [1.82, 2.24) is 24.7 Å². The molecule has 3 aromatic rings. The Balaban J connectivity index is 1.26. The maximum absolute atomic E-state index is 6.16. The van der Waals surface area contributed by atoms with E-state index in [0.29, 0.717) is 6.67 Å². The Bertz CT molecular complexity index is 1160. The molecule has 2 aromatic carbocycles. The first-order valence-corrected chi connectivity index (χ1v) is 12.0. The average molecular weight is 466 g/mol. The Labute approximate surface area is 198 Å². The van der Waals surface area contributed by atoms with Crippen LogP contribution in [0.5, 0.6) is 0 Å². The highest BCUT2D eigenvalue weighted by Gasteiger charge is 2.35. The molecule has 1 fully saturated rings. The van der Waals surface area contributed by atoms with Crippen LogP contribution in [0.15, 0.2) is 53.5 Å². The van der Waals surface area contributed by atoms with Gasteiger partial charge in [0.15, 0.2) is 0 Å². The van der Waals surface area contributed by atoms with E-state index in [9.17, 15) is 0 Å². The standard InChI is InChI=1S/C24H28ClN7O/c25-19-8-6-18(7-9-19)22-28-23-26-16-30(11-3-10-29-12-14-33-15-13-29)17-31(23)24-27-20-4-1-2-5-21(20)32(22)24/h1-2,4-9,22H,3,10-17H2,(H,26,28)/t22-/m0/s1. The lowest BCUT2D eigenvalue weighted by molar-refractivity contribution is 0.0361. The Hall–Kier alpha value is -2.65. The molecule has 8 nitrogen and oxygen atoms in total. The van der Waals surface area contributed by atoms with E-state index in [-0.39, 0.29) is 6.17 Å². The second-order valence-electron chi connectivity index (χ2n) is 8.76. The Morgan fingerprint density at radius 2 is 1.79 bits per heavy atom. The number of ether oxygens (including phenoxy) is 1. The van der Waals surface area contributed by atoms with Crippen LogP contribution in [0, 0.1) is 0 Å². The molecule has 0 spiro atoms. The third kappa shape index (κ3) is 4.08. The maximum Gasteiger partial charge on any atom is 0.216 e. The number of fused-ring (bicyclic) bond motifs is 5. The number of morpholine rings is 1. The molecule has 0 saturated carbocycles. The number of aromatic nitrogens is 2. The number of para-hydroxylation sites is 2. The number of aliphatic imine (C=N–C) groups is 1. The molecule has 0 unspecified atom stereocenters. The molecule has 33 heavy (non-hydrogen) atoms. The fourth-order valence-corrected chi connectivity index (χ4v) is 5.00. The fourth-order valence-electron chi connectivity index (χ4n) is 4.87. The van der Waals surface area contributed by atoms with Gasteiger partial charge >= 0.3 is 0 Å². The van der Waals surface area contributed by atoms with Crippen molar-refractivity contribution < 1.29 is 4.74 Å². The number of nitrogens with zero attached hydrogens (tertiary/aromatic N) is 6. The molecule has 9 heteroatoms. The smallest absolute Gasteiger partial charge is 0.216 e. The van der Waals surface area contributed by atoms with Crippen molar-refractivity contribution in [3.63, 3.8) is 0 Å². The van der Waals surface area contributed by atoms with Crippen molar-refractivity contribution in [2.75, 3.05) is 57.6 Å². The zero-order chi connectivity index (χ0) is 22.2. The Morgan fingerprint density at radius 1 is 1.00 bits per heavy atom. The minimum atomic E-state index is -0.0902. The van der Waals surface area contributed by atoms with Crippen molar-refractivity contribution in [3.8, 4) is 0 Å². The maximum atomic E-state index is 6.16. The van der Waals surface area contributed by atoms with Crippen LogP contribution in [0.1, 0.15) is 18.2 Å². The Kier molecular flexibility index (Phi) is 5.67. The fraction of sp³-hybridized carbons (Fsp3) is 0.417. The lowest BCUT2D eigenvalue weighted by atomic mass is 10.1. The number of nitrogens with one attached hydrogen (secondary N) is 1. The van der Waals surface area contributed by atoms with Crippen LogP contribution in [0.3, 0.4) is 0 Å². The zero-order valence-corrected chi connectivity index (χ0v) is 19.3.